The second kappa shape index (κ2) is 5.89. The van der Waals surface area contributed by atoms with Crippen molar-refractivity contribution in [1.29, 1.82) is 0 Å². The number of aromatic nitrogens is 1. The molecule has 3 nitrogen and oxygen atoms in total. The van der Waals surface area contributed by atoms with Gasteiger partial charge in [-0.2, -0.15) is 0 Å². The normalized spacial score (nSPS) is 17.6. The van der Waals surface area contributed by atoms with Crippen LogP contribution in [0, 0.1) is 13.8 Å². The predicted octanol–water partition coefficient (Wildman–Crippen LogP) is 4.47. The molecule has 0 saturated carbocycles. The second-order valence-electron chi connectivity index (χ2n) is 5.35. The highest BCUT2D eigenvalue weighted by Gasteiger charge is 2.31. The van der Waals surface area contributed by atoms with Gasteiger partial charge in [-0.15, -0.1) is 22.7 Å². The van der Waals surface area contributed by atoms with Gasteiger partial charge in [-0.1, -0.05) is 0 Å². The van der Waals surface area contributed by atoms with Crippen molar-refractivity contribution in [2.75, 3.05) is 6.61 Å². The molecule has 0 amide bonds. The second-order valence-corrected chi connectivity index (χ2v) is 7.90. The third-order valence-electron chi connectivity index (χ3n) is 3.80. The summed E-state index contributed by atoms with van der Waals surface area (Å²) in [5.74, 6) is -0.285. The minimum Gasteiger partial charge on any atom is -0.465 e. The minimum atomic E-state index is -0.168. The Kier molecular flexibility index (Phi) is 4.13. The van der Waals surface area contributed by atoms with E-state index in [2.05, 4.69) is 19.9 Å². The predicted molar refractivity (Wildman–Crippen MR) is 87.2 cm³/mol. The fraction of sp³-hybridized carbons (Fsp3) is 0.500. The zero-order chi connectivity index (χ0) is 15.0. The maximum Gasteiger partial charge on any atom is 0.315 e. The van der Waals surface area contributed by atoms with Gasteiger partial charge in [0.15, 0.2) is 0 Å². The molecule has 5 heteroatoms. The standard InChI is InChI=1S/C16H19NO2S2/c1-4-19-16(18)11-6-5-7-13-14(11)17-15(21-13)12-8-9(2)20-10(12)3/h8,11H,4-7H2,1-3H3. The smallest absolute Gasteiger partial charge is 0.315 e. The highest BCUT2D eigenvalue weighted by atomic mass is 32.1. The molecule has 112 valence electrons. The van der Waals surface area contributed by atoms with Gasteiger partial charge >= 0.3 is 5.97 Å². The van der Waals surface area contributed by atoms with E-state index in [9.17, 15) is 4.79 Å². The van der Waals surface area contributed by atoms with Crippen molar-refractivity contribution >= 4 is 28.6 Å². The first-order chi connectivity index (χ1) is 10.1. The molecule has 0 spiro atoms. The topological polar surface area (TPSA) is 39.2 Å². The van der Waals surface area contributed by atoms with E-state index in [1.807, 2.05) is 6.92 Å². The SMILES string of the molecule is CCOC(=O)C1CCCc2sc(-c3cc(C)sc3C)nc21. The number of ether oxygens (including phenoxy) is 1. The molecule has 2 aromatic rings. The van der Waals surface area contributed by atoms with Crippen LogP contribution in [-0.2, 0) is 16.0 Å². The minimum absolute atomic E-state index is 0.117. The van der Waals surface area contributed by atoms with Crippen molar-refractivity contribution < 1.29 is 9.53 Å². The summed E-state index contributed by atoms with van der Waals surface area (Å²) in [7, 11) is 0. The van der Waals surface area contributed by atoms with Crippen molar-refractivity contribution in [3.05, 3.63) is 26.4 Å². The average Bonchev–Trinajstić information content (AvgIpc) is 3.01. The Morgan fingerprint density at radius 3 is 2.90 bits per heavy atom. The summed E-state index contributed by atoms with van der Waals surface area (Å²) in [6.07, 6.45) is 2.93. The zero-order valence-corrected chi connectivity index (χ0v) is 14.2. The van der Waals surface area contributed by atoms with Gasteiger partial charge in [0, 0.05) is 20.2 Å². The lowest BCUT2D eigenvalue weighted by Crippen LogP contribution is -2.20. The van der Waals surface area contributed by atoms with Crippen molar-refractivity contribution in [3.63, 3.8) is 0 Å². The third-order valence-corrected chi connectivity index (χ3v) is 5.93. The molecule has 21 heavy (non-hydrogen) atoms. The molecular weight excluding hydrogens is 302 g/mol. The Bertz CT molecular complexity index is 672. The van der Waals surface area contributed by atoms with Crippen molar-refractivity contribution in [2.24, 2.45) is 0 Å². The molecule has 2 heterocycles. The molecule has 1 unspecified atom stereocenters. The number of aryl methyl sites for hydroxylation is 3. The van der Waals surface area contributed by atoms with Gasteiger partial charge < -0.3 is 4.74 Å². The van der Waals surface area contributed by atoms with E-state index >= 15 is 0 Å². The number of carbonyl (C=O) groups is 1. The summed E-state index contributed by atoms with van der Waals surface area (Å²) >= 11 is 3.54. The fourth-order valence-electron chi connectivity index (χ4n) is 2.85. The van der Waals surface area contributed by atoms with Gasteiger partial charge in [0.25, 0.3) is 0 Å². The number of thiophene rings is 1. The molecule has 2 aromatic heterocycles. The number of esters is 1. The van der Waals surface area contributed by atoms with Gasteiger partial charge in [0.2, 0.25) is 0 Å². The van der Waals surface area contributed by atoms with E-state index in [1.54, 1.807) is 22.7 Å². The third kappa shape index (κ3) is 2.77. The molecule has 1 aliphatic rings. The number of hydrogen-bond donors (Lipinski definition) is 0. The van der Waals surface area contributed by atoms with Gasteiger partial charge in [-0.05, 0) is 46.1 Å². The van der Waals surface area contributed by atoms with Crippen LogP contribution in [0.15, 0.2) is 6.07 Å². The van der Waals surface area contributed by atoms with Crippen LogP contribution in [0.1, 0.15) is 46.0 Å². The van der Waals surface area contributed by atoms with E-state index in [0.717, 1.165) is 30.0 Å². The Labute approximate surface area is 133 Å². The summed E-state index contributed by atoms with van der Waals surface area (Å²) < 4.78 is 5.21. The zero-order valence-electron chi connectivity index (χ0n) is 12.6. The summed E-state index contributed by atoms with van der Waals surface area (Å²) in [4.78, 5) is 20.8. The van der Waals surface area contributed by atoms with E-state index in [0.29, 0.717) is 6.61 Å². The molecular formula is C16H19NO2S2. The molecule has 1 aliphatic carbocycles. The van der Waals surface area contributed by atoms with Crippen LogP contribution in [0.4, 0.5) is 0 Å². The largest absolute Gasteiger partial charge is 0.465 e. The van der Waals surface area contributed by atoms with E-state index in [-0.39, 0.29) is 11.9 Å². The van der Waals surface area contributed by atoms with Gasteiger partial charge in [-0.25, -0.2) is 4.98 Å². The number of carbonyl (C=O) groups excluding carboxylic acids is 1. The number of fused-ring (bicyclic) bond motifs is 1. The summed E-state index contributed by atoms with van der Waals surface area (Å²) in [5.41, 5.74) is 2.18. The van der Waals surface area contributed by atoms with E-state index < -0.39 is 0 Å². The first kappa shape index (κ1) is 14.7. The van der Waals surface area contributed by atoms with Crippen LogP contribution < -0.4 is 0 Å². The molecule has 0 aromatic carbocycles. The number of hydrogen-bond acceptors (Lipinski definition) is 5. The number of nitrogens with zero attached hydrogens (tertiary/aromatic N) is 1. The monoisotopic (exact) mass is 321 g/mol. The maximum atomic E-state index is 12.1. The van der Waals surface area contributed by atoms with E-state index in [1.165, 1.54) is 20.2 Å². The van der Waals surface area contributed by atoms with Crippen LogP contribution in [0.3, 0.4) is 0 Å². The first-order valence-electron chi connectivity index (χ1n) is 7.33. The van der Waals surface area contributed by atoms with Crippen LogP contribution in [0.25, 0.3) is 10.6 Å². The quantitative estimate of drug-likeness (QED) is 0.783. The molecule has 0 radical (unpaired) electrons. The Morgan fingerprint density at radius 2 is 2.24 bits per heavy atom. The molecule has 0 bridgehead atoms. The average molecular weight is 321 g/mol. The van der Waals surface area contributed by atoms with Gasteiger partial charge in [0.1, 0.15) is 10.9 Å². The Morgan fingerprint density at radius 1 is 1.43 bits per heavy atom. The lowest BCUT2D eigenvalue weighted by atomic mass is 9.91. The number of thiazole rings is 1. The first-order valence-corrected chi connectivity index (χ1v) is 8.97. The molecule has 0 N–H and O–H groups in total. The van der Waals surface area contributed by atoms with Crippen LogP contribution >= 0.6 is 22.7 Å². The van der Waals surface area contributed by atoms with Gasteiger partial charge in [-0.3, -0.25) is 4.79 Å². The maximum absolute atomic E-state index is 12.1. The lowest BCUT2D eigenvalue weighted by molar-refractivity contribution is -0.145. The van der Waals surface area contributed by atoms with Crippen LogP contribution in [-0.4, -0.2) is 17.6 Å². The lowest BCUT2D eigenvalue weighted by Gasteiger charge is -2.19. The van der Waals surface area contributed by atoms with Crippen molar-refractivity contribution in [2.45, 2.75) is 46.0 Å². The van der Waals surface area contributed by atoms with Crippen molar-refractivity contribution in [1.82, 2.24) is 4.98 Å². The Hall–Kier alpha value is -1.20. The summed E-state index contributed by atoms with van der Waals surface area (Å²) in [6, 6.07) is 2.20. The molecule has 1 atom stereocenters. The van der Waals surface area contributed by atoms with Gasteiger partial charge in [0.05, 0.1) is 12.3 Å². The molecule has 0 aliphatic heterocycles. The fourth-order valence-corrected chi connectivity index (χ4v) is 5.08. The highest BCUT2D eigenvalue weighted by Crippen LogP contribution is 2.41. The molecule has 0 saturated heterocycles. The van der Waals surface area contributed by atoms with Crippen LogP contribution in [0.5, 0.6) is 0 Å². The highest BCUT2D eigenvalue weighted by molar-refractivity contribution is 7.16. The number of rotatable bonds is 3. The Balaban J connectivity index is 1.98. The summed E-state index contributed by atoms with van der Waals surface area (Å²) in [5, 5.41) is 1.05. The van der Waals surface area contributed by atoms with E-state index in [4.69, 9.17) is 9.72 Å². The molecule has 0 fully saturated rings. The molecule has 3 rings (SSSR count). The summed E-state index contributed by atoms with van der Waals surface area (Å²) in [6.45, 7) is 6.54. The van der Waals surface area contributed by atoms with Crippen molar-refractivity contribution in [3.8, 4) is 10.6 Å². The van der Waals surface area contributed by atoms with Crippen LogP contribution in [0.2, 0.25) is 0 Å².